The molecule has 0 radical (unpaired) electrons. The van der Waals surface area contributed by atoms with E-state index in [1.807, 2.05) is 0 Å². The van der Waals surface area contributed by atoms with Crippen molar-refractivity contribution in [1.29, 1.82) is 0 Å². The summed E-state index contributed by atoms with van der Waals surface area (Å²) in [7, 11) is 0. The fourth-order valence-corrected chi connectivity index (χ4v) is 2.15. The number of nitrogens with zero attached hydrogens (tertiary/aromatic N) is 1. The second kappa shape index (κ2) is 3.32. The van der Waals surface area contributed by atoms with Gasteiger partial charge in [0.15, 0.2) is 6.29 Å². The van der Waals surface area contributed by atoms with Crippen molar-refractivity contribution in [3.05, 3.63) is 17.7 Å². The number of aldehydes is 1. The van der Waals surface area contributed by atoms with E-state index in [1.54, 1.807) is 6.20 Å². The molecule has 1 heterocycles. The summed E-state index contributed by atoms with van der Waals surface area (Å²) in [5, 5.41) is 0. The van der Waals surface area contributed by atoms with Crippen LogP contribution in [0.15, 0.2) is 6.20 Å². The fourth-order valence-electron chi connectivity index (χ4n) is 2.15. The molecule has 1 N–H and O–H groups in total. The van der Waals surface area contributed by atoms with Gasteiger partial charge in [0, 0.05) is 5.92 Å². The van der Waals surface area contributed by atoms with Gasteiger partial charge in [0.2, 0.25) is 0 Å². The summed E-state index contributed by atoms with van der Waals surface area (Å²) in [6, 6.07) is 0. The predicted molar refractivity (Wildman–Crippen MR) is 49.7 cm³/mol. The molecule has 70 valence electrons. The number of carbonyl (C=O) groups is 1. The van der Waals surface area contributed by atoms with Crippen LogP contribution in [0.2, 0.25) is 0 Å². The summed E-state index contributed by atoms with van der Waals surface area (Å²) in [6.45, 7) is 2.25. The lowest BCUT2D eigenvalue weighted by Gasteiger charge is -2.11. The molecule has 0 aromatic carbocycles. The summed E-state index contributed by atoms with van der Waals surface area (Å²) >= 11 is 0. The molecule has 0 amide bonds. The van der Waals surface area contributed by atoms with E-state index in [9.17, 15) is 4.79 Å². The highest BCUT2D eigenvalue weighted by Crippen LogP contribution is 2.37. The third-order valence-electron chi connectivity index (χ3n) is 2.95. The van der Waals surface area contributed by atoms with Gasteiger partial charge in [-0.25, -0.2) is 4.98 Å². The van der Waals surface area contributed by atoms with Crippen molar-refractivity contribution >= 4 is 6.29 Å². The molecule has 2 atom stereocenters. The summed E-state index contributed by atoms with van der Waals surface area (Å²) < 4.78 is 0. The van der Waals surface area contributed by atoms with Crippen molar-refractivity contribution < 1.29 is 4.79 Å². The van der Waals surface area contributed by atoms with Crippen molar-refractivity contribution in [2.24, 2.45) is 5.92 Å². The van der Waals surface area contributed by atoms with Crippen molar-refractivity contribution in [2.45, 2.75) is 32.1 Å². The Morgan fingerprint density at radius 3 is 3.00 bits per heavy atom. The van der Waals surface area contributed by atoms with E-state index >= 15 is 0 Å². The molecule has 1 aliphatic rings. The number of carbonyl (C=O) groups excluding carboxylic acids is 1. The van der Waals surface area contributed by atoms with Crippen molar-refractivity contribution in [1.82, 2.24) is 9.97 Å². The number of aromatic amines is 1. The minimum absolute atomic E-state index is 0.536. The van der Waals surface area contributed by atoms with E-state index in [-0.39, 0.29) is 0 Å². The maximum Gasteiger partial charge on any atom is 0.167 e. The Hall–Kier alpha value is -1.12. The van der Waals surface area contributed by atoms with E-state index < -0.39 is 0 Å². The van der Waals surface area contributed by atoms with Crippen LogP contribution in [-0.4, -0.2) is 16.3 Å². The SMILES string of the molecule is CC1CCCC1c1ncc(C=O)[nH]1. The molecule has 0 bridgehead atoms. The molecule has 1 fully saturated rings. The van der Waals surface area contributed by atoms with Crippen LogP contribution in [0.5, 0.6) is 0 Å². The second-order valence-corrected chi connectivity index (χ2v) is 3.86. The van der Waals surface area contributed by atoms with Crippen LogP contribution < -0.4 is 0 Å². The first kappa shape index (κ1) is 8.48. The number of hydrogen-bond donors (Lipinski definition) is 1. The lowest BCUT2D eigenvalue weighted by atomic mass is 9.98. The summed E-state index contributed by atoms with van der Waals surface area (Å²) in [5.41, 5.74) is 0.592. The topological polar surface area (TPSA) is 45.8 Å². The van der Waals surface area contributed by atoms with Crippen molar-refractivity contribution in [3.8, 4) is 0 Å². The molecular formula is C10H14N2O. The molecule has 0 spiro atoms. The van der Waals surface area contributed by atoms with Gasteiger partial charge in [0.25, 0.3) is 0 Å². The van der Waals surface area contributed by atoms with Gasteiger partial charge in [0.1, 0.15) is 5.82 Å². The minimum Gasteiger partial charge on any atom is -0.340 e. The Morgan fingerprint density at radius 2 is 2.46 bits per heavy atom. The molecule has 0 aliphatic heterocycles. The standard InChI is InChI=1S/C10H14N2O/c1-7-3-2-4-9(7)10-11-5-8(6-13)12-10/h5-7,9H,2-4H2,1H3,(H,11,12). The van der Waals surface area contributed by atoms with Crippen LogP contribution in [0.3, 0.4) is 0 Å². The molecule has 1 saturated carbocycles. The molecular weight excluding hydrogens is 164 g/mol. The zero-order chi connectivity index (χ0) is 9.26. The van der Waals surface area contributed by atoms with E-state index in [1.165, 1.54) is 19.3 Å². The van der Waals surface area contributed by atoms with Gasteiger partial charge in [-0.15, -0.1) is 0 Å². The van der Waals surface area contributed by atoms with Crippen molar-refractivity contribution in [2.75, 3.05) is 0 Å². The van der Waals surface area contributed by atoms with Crippen LogP contribution in [0.25, 0.3) is 0 Å². The third-order valence-corrected chi connectivity index (χ3v) is 2.95. The number of aromatic nitrogens is 2. The number of hydrogen-bond acceptors (Lipinski definition) is 2. The Labute approximate surface area is 77.6 Å². The number of imidazole rings is 1. The average molecular weight is 178 g/mol. The van der Waals surface area contributed by atoms with Crippen LogP contribution >= 0.6 is 0 Å². The van der Waals surface area contributed by atoms with Gasteiger partial charge >= 0.3 is 0 Å². The number of nitrogens with one attached hydrogen (secondary N) is 1. The summed E-state index contributed by atoms with van der Waals surface area (Å²) in [6.07, 6.45) is 6.20. The first-order valence-electron chi connectivity index (χ1n) is 4.81. The van der Waals surface area contributed by atoms with Gasteiger partial charge in [-0.1, -0.05) is 13.3 Å². The zero-order valence-electron chi connectivity index (χ0n) is 7.79. The zero-order valence-corrected chi connectivity index (χ0v) is 7.79. The lowest BCUT2D eigenvalue weighted by Crippen LogP contribution is -2.03. The van der Waals surface area contributed by atoms with E-state index in [2.05, 4.69) is 16.9 Å². The maximum absolute atomic E-state index is 10.4. The molecule has 1 aliphatic carbocycles. The van der Waals surface area contributed by atoms with Crippen LogP contribution in [0.1, 0.15) is 48.4 Å². The highest BCUT2D eigenvalue weighted by atomic mass is 16.1. The minimum atomic E-state index is 0.536. The Morgan fingerprint density at radius 1 is 1.62 bits per heavy atom. The second-order valence-electron chi connectivity index (χ2n) is 3.86. The largest absolute Gasteiger partial charge is 0.340 e. The Bertz CT molecular complexity index is 306. The molecule has 3 nitrogen and oxygen atoms in total. The van der Waals surface area contributed by atoms with Gasteiger partial charge in [-0.05, 0) is 18.8 Å². The number of H-pyrrole nitrogens is 1. The highest BCUT2D eigenvalue weighted by Gasteiger charge is 2.26. The van der Waals surface area contributed by atoms with Crippen LogP contribution in [-0.2, 0) is 0 Å². The van der Waals surface area contributed by atoms with Crippen molar-refractivity contribution in [3.63, 3.8) is 0 Å². The molecule has 0 saturated heterocycles. The summed E-state index contributed by atoms with van der Waals surface area (Å²) in [5.74, 6) is 2.23. The fraction of sp³-hybridized carbons (Fsp3) is 0.600. The Balaban J connectivity index is 2.19. The van der Waals surface area contributed by atoms with Gasteiger partial charge in [-0.2, -0.15) is 0 Å². The van der Waals surface area contributed by atoms with Crippen LogP contribution in [0, 0.1) is 5.92 Å². The predicted octanol–water partition coefficient (Wildman–Crippen LogP) is 2.13. The first-order valence-corrected chi connectivity index (χ1v) is 4.81. The van der Waals surface area contributed by atoms with Gasteiger partial charge < -0.3 is 4.98 Å². The summed E-state index contributed by atoms with van der Waals surface area (Å²) in [4.78, 5) is 17.7. The molecule has 2 unspecified atom stereocenters. The van der Waals surface area contributed by atoms with Gasteiger partial charge in [-0.3, -0.25) is 4.79 Å². The van der Waals surface area contributed by atoms with E-state index in [0.717, 1.165) is 12.1 Å². The quantitative estimate of drug-likeness (QED) is 0.705. The molecule has 1 aromatic rings. The van der Waals surface area contributed by atoms with E-state index in [4.69, 9.17) is 0 Å². The molecule has 1 aromatic heterocycles. The molecule has 3 heteroatoms. The van der Waals surface area contributed by atoms with Crippen LogP contribution in [0.4, 0.5) is 0 Å². The normalized spacial score (nSPS) is 27.8. The molecule has 13 heavy (non-hydrogen) atoms. The highest BCUT2D eigenvalue weighted by molar-refractivity contribution is 5.71. The Kier molecular flexibility index (Phi) is 2.17. The van der Waals surface area contributed by atoms with Gasteiger partial charge in [0.05, 0.1) is 11.9 Å². The monoisotopic (exact) mass is 178 g/mol. The number of rotatable bonds is 2. The smallest absolute Gasteiger partial charge is 0.167 e. The maximum atomic E-state index is 10.4. The molecule has 2 rings (SSSR count). The third kappa shape index (κ3) is 1.50. The first-order chi connectivity index (χ1) is 6.31. The van der Waals surface area contributed by atoms with E-state index in [0.29, 0.717) is 17.5 Å². The average Bonchev–Trinajstić information content (AvgIpc) is 2.71. The lowest BCUT2D eigenvalue weighted by molar-refractivity contribution is 0.111.